The zero-order valence-electron chi connectivity index (χ0n) is 21.3. The molecule has 5 nitrogen and oxygen atoms in total. The highest BCUT2D eigenvalue weighted by atomic mass is 19.4. The van der Waals surface area contributed by atoms with Crippen LogP contribution in [0.1, 0.15) is 40.9 Å². The molecule has 8 heteroatoms. The number of likely N-dealkylation sites (N-methyl/N-ethyl adjacent to an activating group) is 1. The number of rotatable bonds is 7. The molecule has 0 aromatic heterocycles. The largest absolute Gasteiger partial charge is 0.492 e. The molecule has 0 atom stereocenters. The fourth-order valence-electron chi connectivity index (χ4n) is 4.90. The van der Waals surface area contributed by atoms with Gasteiger partial charge in [-0.3, -0.25) is 4.79 Å². The van der Waals surface area contributed by atoms with Crippen LogP contribution >= 0.6 is 0 Å². The number of alkyl halides is 3. The summed E-state index contributed by atoms with van der Waals surface area (Å²) in [5.41, 5.74) is 2.62. The Morgan fingerprint density at radius 2 is 1.82 bits per heavy atom. The van der Waals surface area contributed by atoms with Gasteiger partial charge >= 0.3 is 6.18 Å². The minimum atomic E-state index is -4.50. The summed E-state index contributed by atoms with van der Waals surface area (Å²) in [6.07, 6.45) is -2.71. The van der Waals surface area contributed by atoms with Gasteiger partial charge in [0.15, 0.2) is 5.78 Å². The summed E-state index contributed by atoms with van der Waals surface area (Å²) < 4.78 is 52.4. The van der Waals surface area contributed by atoms with Crippen molar-refractivity contribution in [3.8, 4) is 11.5 Å². The van der Waals surface area contributed by atoms with E-state index < -0.39 is 11.7 Å². The van der Waals surface area contributed by atoms with E-state index in [4.69, 9.17) is 9.47 Å². The van der Waals surface area contributed by atoms with E-state index in [1.807, 2.05) is 30.3 Å². The van der Waals surface area contributed by atoms with Gasteiger partial charge in [0.05, 0.1) is 23.5 Å². The van der Waals surface area contributed by atoms with Crippen LogP contribution in [0.5, 0.6) is 11.5 Å². The third-order valence-corrected chi connectivity index (χ3v) is 7.01. The summed E-state index contributed by atoms with van der Waals surface area (Å²) in [5.74, 6) is 0.940. The summed E-state index contributed by atoms with van der Waals surface area (Å²) in [7, 11) is 0. The van der Waals surface area contributed by atoms with Crippen molar-refractivity contribution in [1.82, 2.24) is 4.90 Å². The number of hydrogen-bond donors (Lipinski definition) is 0. The normalized spacial score (nSPS) is 15.7. The number of carbonyl (C=O) groups excluding carboxylic acids is 1. The van der Waals surface area contributed by atoms with Gasteiger partial charge in [-0.1, -0.05) is 38.1 Å². The lowest BCUT2D eigenvalue weighted by Crippen LogP contribution is -2.31. The van der Waals surface area contributed by atoms with Crippen molar-refractivity contribution >= 4 is 23.2 Å². The topological polar surface area (TPSA) is 42.0 Å². The van der Waals surface area contributed by atoms with E-state index >= 15 is 0 Å². The molecule has 2 heterocycles. The van der Waals surface area contributed by atoms with Crippen LogP contribution in [0.15, 0.2) is 66.2 Å². The van der Waals surface area contributed by atoms with Crippen LogP contribution < -0.4 is 14.4 Å². The van der Waals surface area contributed by atoms with E-state index in [0.29, 0.717) is 34.9 Å². The Morgan fingerprint density at radius 3 is 2.53 bits per heavy atom. The Kier molecular flexibility index (Phi) is 7.17. The van der Waals surface area contributed by atoms with E-state index in [1.54, 1.807) is 23.1 Å². The molecule has 0 N–H and O–H groups in total. The SMILES string of the molecule is CCN(CC)CCOc1ccc(/C=C2\CN3c4cc(C(F)(F)F)ccc4OCc4cccc(c43)C2=O)cc1. The molecule has 5 rings (SSSR count). The standard InChI is InChI=1S/C30H29F3N2O3/c1-3-34(4-2)14-15-37-24-11-8-20(9-12-24)16-22-18-35-26-17-23(30(31,32)33)10-13-27(26)38-19-21-6-5-7-25(28(21)35)29(22)36/h5-13,16-17H,3-4,14-15,18-19H2,1-2H3/b22-16+. The number of para-hydroxylation sites is 1. The fraction of sp³-hybridized carbons (Fsp3) is 0.300. The highest BCUT2D eigenvalue weighted by Gasteiger charge is 2.36. The second kappa shape index (κ2) is 10.5. The molecule has 38 heavy (non-hydrogen) atoms. The number of fused-ring (bicyclic) bond motifs is 2. The maximum Gasteiger partial charge on any atom is 0.416 e. The van der Waals surface area contributed by atoms with Gasteiger partial charge < -0.3 is 19.3 Å². The summed E-state index contributed by atoms with van der Waals surface area (Å²) in [6.45, 7) is 7.88. The Bertz CT molecular complexity index is 1360. The molecule has 0 fully saturated rings. The second-order valence-corrected chi connectivity index (χ2v) is 9.31. The molecule has 3 aromatic rings. The van der Waals surface area contributed by atoms with Crippen LogP contribution in [-0.4, -0.2) is 43.5 Å². The van der Waals surface area contributed by atoms with Gasteiger partial charge in [-0.15, -0.1) is 0 Å². The van der Waals surface area contributed by atoms with E-state index in [0.717, 1.165) is 48.6 Å². The van der Waals surface area contributed by atoms with E-state index in [-0.39, 0.29) is 18.9 Å². The van der Waals surface area contributed by atoms with Crippen LogP contribution in [-0.2, 0) is 12.8 Å². The third kappa shape index (κ3) is 5.13. The molecule has 0 radical (unpaired) electrons. The van der Waals surface area contributed by atoms with Crippen molar-refractivity contribution < 1.29 is 27.4 Å². The van der Waals surface area contributed by atoms with Crippen molar-refractivity contribution in [3.05, 3.63) is 88.5 Å². The van der Waals surface area contributed by atoms with Gasteiger partial charge in [0.25, 0.3) is 0 Å². The lowest BCUT2D eigenvalue weighted by molar-refractivity contribution is -0.137. The maximum absolute atomic E-state index is 13.6. The second-order valence-electron chi connectivity index (χ2n) is 9.31. The van der Waals surface area contributed by atoms with Crippen molar-refractivity contribution in [2.24, 2.45) is 0 Å². The lowest BCUT2D eigenvalue weighted by Gasteiger charge is -2.33. The molecule has 0 aliphatic carbocycles. The molecular formula is C30H29F3N2O3. The Morgan fingerprint density at radius 1 is 1.05 bits per heavy atom. The first-order chi connectivity index (χ1) is 18.3. The van der Waals surface area contributed by atoms with Gasteiger partial charge in [0, 0.05) is 23.2 Å². The number of ether oxygens (including phenoxy) is 2. The first-order valence-corrected chi connectivity index (χ1v) is 12.7. The molecule has 3 aromatic carbocycles. The molecule has 0 saturated heterocycles. The van der Waals surface area contributed by atoms with Gasteiger partial charge in [0.2, 0.25) is 0 Å². The molecule has 0 saturated carbocycles. The van der Waals surface area contributed by atoms with E-state index in [1.165, 1.54) is 6.07 Å². The Balaban J connectivity index is 1.45. The first-order valence-electron chi connectivity index (χ1n) is 12.7. The number of benzene rings is 3. The van der Waals surface area contributed by atoms with Crippen molar-refractivity contribution in [2.45, 2.75) is 26.6 Å². The van der Waals surface area contributed by atoms with Crippen molar-refractivity contribution in [2.75, 3.05) is 37.7 Å². The van der Waals surface area contributed by atoms with Gasteiger partial charge in [-0.05, 0) is 61.1 Å². The average molecular weight is 523 g/mol. The highest BCUT2D eigenvalue weighted by molar-refractivity contribution is 6.18. The van der Waals surface area contributed by atoms with Crippen LogP contribution in [0, 0.1) is 0 Å². The number of hydrogen-bond acceptors (Lipinski definition) is 5. The number of ketones is 1. The van der Waals surface area contributed by atoms with Crippen LogP contribution in [0.25, 0.3) is 6.08 Å². The average Bonchev–Trinajstić information content (AvgIpc) is 3.07. The predicted octanol–water partition coefficient (Wildman–Crippen LogP) is 6.74. The zero-order chi connectivity index (χ0) is 26.9. The van der Waals surface area contributed by atoms with Crippen LogP contribution in [0.3, 0.4) is 0 Å². The Labute approximate surface area is 220 Å². The molecule has 0 bridgehead atoms. The van der Waals surface area contributed by atoms with E-state index in [2.05, 4.69) is 18.7 Å². The molecule has 2 aliphatic rings. The fourth-order valence-corrected chi connectivity index (χ4v) is 4.90. The van der Waals surface area contributed by atoms with Crippen molar-refractivity contribution in [1.29, 1.82) is 0 Å². The minimum Gasteiger partial charge on any atom is -0.492 e. The monoisotopic (exact) mass is 522 g/mol. The van der Waals surface area contributed by atoms with E-state index in [9.17, 15) is 18.0 Å². The predicted molar refractivity (Wildman–Crippen MR) is 141 cm³/mol. The third-order valence-electron chi connectivity index (χ3n) is 7.01. The number of nitrogens with zero attached hydrogens (tertiary/aromatic N) is 2. The van der Waals surface area contributed by atoms with Crippen LogP contribution in [0.2, 0.25) is 0 Å². The molecule has 0 amide bonds. The number of carbonyl (C=O) groups is 1. The number of anilines is 2. The molecular weight excluding hydrogens is 493 g/mol. The number of Topliss-reactive ketones (excluding diaryl/α,β-unsaturated/α-hetero) is 1. The van der Waals surface area contributed by atoms with Gasteiger partial charge in [-0.25, -0.2) is 0 Å². The highest BCUT2D eigenvalue weighted by Crippen LogP contribution is 2.46. The maximum atomic E-state index is 13.6. The lowest BCUT2D eigenvalue weighted by atomic mass is 9.91. The summed E-state index contributed by atoms with van der Waals surface area (Å²) in [4.78, 5) is 17.5. The smallest absolute Gasteiger partial charge is 0.416 e. The summed E-state index contributed by atoms with van der Waals surface area (Å²) in [6, 6.07) is 16.3. The molecule has 0 unspecified atom stereocenters. The molecule has 0 spiro atoms. The van der Waals surface area contributed by atoms with Crippen molar-refractivity contribution in [3.63, 3.8) is 0 Å². The summed E-state index contributed by atoms with van der Waals surface area (Å²) in [5, 5.41) is 0. The minimum absolute atomic E-state index is 0.128. The quantitative estimate of drug-likeness (QED) is 0.322. The van der Waals surface area contributed by atoms with Gasteiger partial charge in [0.1, 0.15) is 24.7 Å². The molecule has 198 valence electrons. The molecule has 2 aliphatic heterocycles. The first kappa shape index (κ1) is 25.9. The van der Waals surface area contributed by atoms with Gasteiger partial charge in [-0.2, -0.15) is 13.2 Å². The zero-order valence-corrected chi connectivity index (χ0v) is 21.3. The van der Waals surface area contributed by atoms with Crippen LogP contribution in [0.4, 0.5) is 24.5 Å². The summed E-state index contributed by atoms with van der Waals surface area (Å²) >= 11 is 0. The Hall–Kier alpha value is -3.78. The number of halogens is 3.